The Balaban J connectivity index is 1.49. The quantitative estimate of drug-likeness (QED) is 0.0215. The molecule has 2 aromatic rings. The number of aldehydes is 1. The van der Waals surface area contributed by atoms with Crippen molar-refractivity contribution in [3.05, 3.63) is 56.3 Å². The standard InChI is InChI=1S/C61H97N13O16/c1-5-40(4)50(58(85)66-42(17-9-11-21-62)55(82)67-43(18-10-12-22-63)59(86)74-24-14-20-46(74)57(84)68-45(60(87)88)36-41-15-7-6-8-16-41)69-56(83)44(35-39(2)3)65-52-51(53(80)54(52)81)64-23-13-19-47(61(89)90)73-31-29-70(33-34-75)25-26-71(37-48(76)77)27-28-72(30-32-73)38-49(78)79/h6-8,15-16,34,39-40,42-47,50,64-65H,5,9-14,17-33,35-38,62-63H2,1-4H3,(H,66,85)(H,67,82)(H,68,84)(H,69,83)(H,76,77)(H,78,79)(H,87,88)(H,89,90)/t40-,42-,43-,44-,45-,46-,47?,50-/m0/s1. The highest BCUT2D eigenvalue weighted by Crippen LogP contribution is 2.23. The van der Waals surface area contributed by atoms with E-state index in [1.54, 1.807) is 63.8 Å². The van der Waals surface area contributed by atoms with Crippen molar-refractivity contribution in [3.8, 4) is 0 Å². The molecule has 2 heterocycles. The van der Waals surface area contributed by atoms with Crippen LogP contribution in [0.3, 0.4) is 0 Å². The first kappa shape index (κ1) is 75.0. The van der Waals surface area contributed by atoms with Gasteiger partial charge in [0.05, 0.1) is 19.6 Å². The summed E-state index contributed by atoms with van der Waals surface area (Å²) in [5.41, 5.74) is 10.3. The Kier molecular flexibility index (Phi) is 32.5. The number of anilines is 2. The van der Waals surface area contributed by atoms with Crippen LogP contribution in [0.5, 0.6) is 0 Å². The van der Waals surface area contributed by atoms with Gasteiger partial charge in [-0.25, -0.2) is 4.79 Å². The van der Waals surface area contributed by atoms with Gasteiger partial charge in [-0.3, -0.25) is 67.5 Å². The first-order chi connectivity index (χ1) is 42.9. The number of rotatable bonds is 39. The maximum Gasteiger partial charge on any atom is 0.326 e. The number of carbonyl (C=O) groups excluding carboxylic acids is 6. The number of benzene rings is 1. The zero-order chi connectivity index (χ0) is 66.5. The lowest BCUT2D eigenvalue weighted by Gasteiger charge is -2.35. The molecule has 14 N–H and O–H groups in total. The number of nitrogens with one attached hydrogen (secondary N) is 6. The molecule has 1 unspecified atom stereocenters. The van der Waals surface area contributed by atoms with E-state index >= 15 is 0 Å². The van der Waals surface area contributed by atoms with Gasteiger partial charge in [0.1, 0.15) is 60.0 Å². The van der Waals surface area contributed by atoms with Gasteiger partial charge in [-0.1, -0.05) is 64.4 Å². The van der Waals surface area contributed by atoms with E-state index in [4.69, 9.17) is 11.5 Å². The van der Waals surface area contributed by atoms with Gasteiger partial charge in [-0.2, -0.15) is 0 Å². The third-order valence-electron chi connectivity index (χ3n) is 16.5. The molecule has 2 aromatic carbocycles. The van der Waals surface area contributed by atoms with Crippen molar-refractivity contribution in [1.29, 1.82) is 0 Å². The van der Waals surface area contributed by atoms with E-state index in [0.29, 0.717) is 56.9 Å². The number of carboxylic acids is 4. The van der Waals surface area contributed by atoms with Crippen LogP contribution < -0.4 is 54.2 Å². The molecule has 2 fully saturated rings. The van der Waals surface area contributed by atoms with E-state index in [1.165, 1.54) is 4.90 Å². The average molecular weight is 1270 g/mol. The number of aliphatic carboxylic acids is 4. The highest BCUT2D eigenvalue weighted by Gasteiger charge is 2.41. The number of amides is 5. The number of hydrogen-bond acceptors (Lipinski definition) is 20. The lowest BCUT2D eigenvalue weighted by atomic mass is 9.95. The smallest absolute Gasteiger partial charge is 0.326 e. The highest BCUT2D eigenvalue weighted by molar-refractivity contribution is 5.97. The Morgan fingerprint density at radius 2 is 1.18 bits per heavy atom. The molecule has 0 bridgehead atoms. The molecule has 0 radical (unpaired) electrons. The Hall–Kier alpha value is -7.44. The average Bonchev–Trinajstić information content (AvgIpc) is 0.952. The second kappa shape index (κ2) is 39.0. The van der Waals surface area contributed by atoms with E-state index in [0.717, 1.165) is 0 Å². The Labute approximate surface area is 525 Å². The zero-order valence-corrected chi connectivity index (χ0v) is 52.5. The fraction of sp³-hybridized carbons (Fsp3) is 0.672. The number of hydrogen-bond donors (Lipinski definition) is 12. The fourth-order valence-electron chi connectivity index (χ4n) is 11.2. The van der Waals surface area contributed by atoms with Crippen molar-refractivity contribution < 1.29 is 68.4 Å². The Bertz CT molecular complexity index is 2750. The van der Waals surface area contributed by atoms with Crippen LogP contribution in [0.15, 0.2) is 39.9 Å². The van der Waals surface area contributed by atoms with Crippen LogP contribution in [0.2, 0.25) is 0 Å². The van der Waals surface area contributed by atoms with Crippen molar-refractivity contribution in [1.82, 2.24) is 45.8 Å². The van der Waals surface area contributed by atoms with Gasteiger partial charge in [0.2, 0.25) is 29.5 Å². The van der Waals surface area contributed by atoms with Crippen LogP contribution in [0.25, 0.3) is 0 Å². The molecule has 0 aromatic heterocycles. The van der Waals surface area contributed by atoms with Gasteiger partial charge in [0, 0.05) is 71.9 Å². The normalized spacial score (nSPS) is 18.1. The molecular formula is C61H97N13O16. The van der Waals surface area contributed by atoms with Gasteiger partial charge in [-0.05, 0) is 101 Å². The third kappa shape index (κ3) is 24.4. The SMILES string of the molecule is CC[C@H](C)[C@H](NC(=O)[C@H](CC(C)C)Nc1c(NCCCC(C(=O)O)N2CCN(CC=O)CCN(CC(=O)O)CCN(CC(=O)O)CC2)c(=O)c1=O)C(=O)N[C@@H](CCCCN)C(=O)N[C@@H](CCCCN)C(=O)N1CCC[C@H]1C(=O)N[C@@H](Cc1ccccc1)C(=O)O. The monoisotopic (exact) mass is 1270 g/mol. The van der Waals surface area contributed by atoms with E-state index in [1.807, 2.05) is 13.8 Å². The minimum Gasteiger partial charge on any atom is -0.480 e. The molecular weight excluding hydrogens is 1170 g/mol. The summed E-state index contributed by atoms with van der Waals surface area (Å²) in [6.07, 6.45) is 4.12. The summed E-state index contributed by atoms with van der Waals surface area (Å²) in [6, 6.07) is 0.574. The summed E-state index contributed by atoms with van der Waals surface area (Å²) in [5.74, 6) is -8.62. The van der Waals surface area contributed by atoms with Gasteiger partial charge in [-0.15, -0.1) is 0 Å². The molecule has 0 spiro atoms. The van der Waals surface area contributed by atoms with E-state index in [2.05, 4.69) is 31.9 Å². The van der Waals surface area contributed by atoms with E-state index < -0.39 is 112 Å². The lowest BCUT2D eigenvalue weighted by molar-refractivity contribution is -0.145. The van der Waals surface area contributed by atoms with Crippen molar-refractivity contribution in [2.45, 2.75) is 153 Å². The Morgan fingerprint density at radius 1 is 0.622 bits per heavy atom. The summed E-state index contributed by atoms with van der Waals surface area (Å²) < 4.78 is 0. The summed E-state index contributed by atoms with van der Waals surface area (Å²) in [4.78, 5) is 166. The van der Waals surface area contributed by atoms with Gasteiger partial charge >= 0.3 is 23.9 Å². The summed E-state index contributed by atoms with van der Waals surface area (Å²) in [6.45, 7) is 8.88. The Morgan fingerprint density at radius 3 is 1.73 bits per heavy atom. The summed E-state index contributed by atoms with van der Waals surface area (Å²) in [5, 5.41) is 56.7. The van der Waals surface area contributed by atoms with E-state index in [9.17, 15) is 78.0 Å². The van der Waals surface area contributed by atoms with Crippen molar-refractivity contribution in [2.75, 3.05) is 109 Å². The molecule has 4 rings (SSSR count). The number of nitrogens with two attached hydrogens (primary N) is 2. The number of likely N-dealkylation sites (tertiary alicyclic amines) is 1. The molecule has 2 aliphatic rings. The molecule has 5 amide bonds. The van der Waals surface area contributed by atoms with Crippen LogP contribution in [0.4, 0.5) is 11.4 Å². The van der Waals surface area contributed by atoms with Crippen LogP contribution in [-0.4, -0.2) is 245 Å². The molecule has 502 valence electrons. The molecule has 0 saturated carbocycles. The lowest BCUT2D eigenvalue weighted by Crippen LogP contribution is -2.60. The number of unbranched alkanes of at least 4 members (excludes halogenated alkanes) is 2. The maximum absolute atomic E-state index is 14.5. The fourth-order valence-corrected chi connectivity index (χ4v) is 11.2. The summed E-state index contributed by atoms with van der Waals surface area (Å²) in [7, 11) is 0. The first-order valence-electron chi connectivity index (χ1n) is 31.5. The van der Waals surface area contributed by atoms with E-state index in [-0.39, 0.29) is 154 Å². The minimum absolute atomic E-state index is 0.00995. The molecule has 2 aliphatic heterocycles. The molecule has 90 heavy (non-hydrogen) atoms. The highest BCUT2D eigenvalue weighted by atomic mass is 16.4. The largest absolute Gasteiger partial charge is 0.480 e. The zero-order valence-electron chi connectivity index (χ0n) is 52.5. The van der Waals surface area contributed by atoms with Gasteiger partial charge < -0.3 is 73.5 Å². The number of carboxylic acid groups (broad SMARTS) is 4. The summed E-state index contributed by atoms with van der Waals surface area (Å²) >= 11 is 0. The van der Waals surface area contributed by atoms with Gasteiger partial charge in [0.25, 0.3) is 10.9 Å². The molecule has 29 heteroatoms. The van der Waals surface area contributed by atoms with Crippen LogP contribution in [0.1, 0.15) is 110 Å². The van der Waals surface area contributed by atoms with Crippen molar-refractivity contribution in [3.63, 3.8) is 0 Å². The predicted molar refractivity (Wildman–Crippen MR) is 335 cm³/mol. The maximum atomic E-state index is 14.5. The molecule has 0 aliphatic carbocycles. The number of nitrogens with zero attached hydrogens (tertiary/aromatic N) is 5. The van der Waals surface area contributed by atoms with Crippen molar-refractivity contribution in [2.24, 2.45) is 23.3 Å². The van der Waals surface area contributed by atoms with Crippen LogP contribution >= 0.6 is 0 Å². The second-order valence-corrected chi connectivity index (χ2v) is 23.8. The van der Waals surface area contributed by atoms with Crippen molar-refractivity contribution >= 4 is 71.1 Å². The molecule has 8 atom stereocenters. The predicted octanol–water partition coefficient (Wildman–Crippen LogP) is -1.09. The van der Waals surface area contributed by atoms with Crippen LogP contribution in [0, 0.1) is 11.8 Å². The van der Waals surface area contributed by atoms with Gasteiger partial charge in [0.15, 0.2) is 0 Å². The van der Waals surface area contributed by atoms with Crippen LogP contribution in [-0.2, 0) is 54.4 Å². The second-order valence-electron chi connectivity index (χ2n) is 23.8. The first-order valence-corrected chi connectivity index (χ1v) is 31.5. The molecule has 29 nitrogen and oxygen atoms in total. The number of carbonyl (C=O) groups is 10. The topological polar surface area (TPSA) is 426 Å². The molecule has 2 saturated heterocycles. The minimum atomic E-state index is -1.28. The third-order valence-corrected chi connectivity index (χ3v) is 16.5.